The van der Waals surface area contributed by atoms with Crippen molar-refractivity contribution in [2.45, 2.75) is 13.3 Å². The van der Waals surface area contributed by atoms with Crippen LogP contribution in [-0.2, 0) is 6.42 Å². The molecule has 0 unspecified atom stereocenters. The molecule has 2 aromatic rings. The average molecular weight is 325 g/mol. The molecule has 0 atom stereocenters. The molecule has 0 amide bonds. The second-order valence-electron chi connectivity index (χ2n) is 4.30. The number of ketones is 1. The average Bonchev–Trinajstić information content (AvgIpc) is 2.37. The quantitative estimate of drug-likeness (QED) is 0.762. The molecule has 0 saturated heterocycles. The van der Waals surface area contributed by atoms with E-state index in [2.05, 4.69) is 15.9 Å². The van der Waals surface area contributed by atoms with Gasteiger partial charge in [0.1, 0.15) is 11.6 Å². The second-order valence-corrected chi connectivity index (χ2v) is 5.15. The van der Waals surface area contributed by atoms with Crippen LogP contribution in [0.25, 0.3) is 0 Å². The summed E-state index contributed by atoms with van der Waals surface area (Å²) in [5, 5.41) is 0. The second kappa shape index (κ2) is 5.61. The Labute approximate surface area is 118 Å². The third-order valence-electron chi connectivity index (χ3n) is 2.90. The lowest BCUT2D eigenvalue weighted by Gasteiger charge is -2.06. The van der Waals surface area contributed by atoms with Crippen LogP contribution in [0.1, 0.15) is 21.5 Å². The van der Waals surface area contributed by atoms with Crippen molar-refractivity contribution < 1.29 is 13.6 Å². The van der Waals surface area contributed by atoms with E-state index in [1.807, 2.05) is 6.92 Å². The predicted molar refractivity (Wildman–Crippen MR) is 73.3 cm³/mol. The Kier molecular flexibility index (Phi) is 4.10. The van der Waals surface area contributed by atoms with Crippen LogP contribution < -0.4 is 0 Å². The highest BCUT2D eigenvalue weighted by molar-refractivity contribution is 9.10. The maximum absolute atomic E-state index is 13.4. The van der Waals surface area contributed by atoms with Crippen LogP contribution in [0.5, 0.6) is 0 Å². The van der Waals surface area contributed by atoms with Gasteiger partial charge in [0.15, 0.2) is 5.78 Å². The number of rotatable bonds is 3. The number of hydrogen-bond acceptors (Lipinski definition) is 1. The van der Waals surface area contributed by atoms with Gasteiger partial charge in [-0.2, -0.15) is 0 Å². The summed E-state index contributed by atoms with van der Waals surface area (Å²) in [6, 6.07) is 8.53. The molecule has 2 aromatic carbocycles. The fourth-order valence-corrected chi connectivity index (χ4v) is 2.02. The lowest BCUT2D eigenvalue weighted by Crippen LogP contribution is -2.05. The van der Waals surface area contributed by atoms with Crippen LogP contribution in [0.2, 0.25) is 0 Å². The van der Waals surface area contributed by atoms with Gasteiger partial charge in [-0.3, -0.25) is 4.79 Å². The van der Waals surface area contributed by atoms with Crippen LogP contribution >= 0.6 is 15.9 Å². The Morgan fingerprint density at radius 3 is 2.58 bits per heavy atom. The van der Waals surface area contributed by atoms with Gasteiger partial charge in [0, 0.05) is 12.0 Å². The Morgan fingerprint density at radius 1 is 1.16 bits per heavy atom. The summed E-state index contributed by atoms with van der Waals surface area (Å²) in [5.41, 5.74) is 1.74. The number of aryl methyl sites for hydroxylation is 1. The van der Waals surface area contributed by atoms with Crippen molar-refractivity contribution in [1.82, 2.24) is 0 Å². The summed E-state index contributed by atoms with van der Waals surface area (Å²) in [5.74, 6) is -1.10. The molecule has 1 nitrogen and oxygen atoms in total. The number of carbonyl (C=O) groups excluding carboxylic acids is 1. The predicted octanol–water partition coefficient (Wildman–Crippen LogP) is 4.46. The topological polar surface area (TPSA) is 17.1 Å². The summed E-state index contributed by atoms with van der Waals surface area (Å²) in [6.07, 6.45) is 0.0602. The number of carbonyl (C=O) groups is 1. The molecule has 0 N–H and O–H groups in total. The molecule has 0 aliphatic carbocycles. The van der Waals surface area contributed by atoms with Crippen molar-refractivity contribution >= 4 is 21.7 Å². The van der Waals surface area contributed by atoms with E-state index in [4.69, 9.17) is 0 Å². The van der Waals surface area contributed by atoms with Crippen molar-refractivity contribution in [3.63, 3.8) is 0 Å². The lowest BCUT2D eigenvalue weighted by atomic mass is 9.99. The molecule has 0 spiro atoms. The van der Waals surface area contributed by atoms with Crippen molar-refractivity contribution in [3.8, 4) is 0 Å². The first-order chi connectivity index (χ1) is 8.97. The largest absolute Gasteiger partial charge is 0.294 e. The summed E-state index contributed by atoms with van der Waals surface area (Å²) < 4.78 is 26.8. The van der Waals surface area contributed by atoms with Crippen LogP contribution in [0, 0.1) is 18.6 Å². The highest BCUT2D eigenvalue weighted by Crippen LogP contribution is 2.19. The molecule has 0 fully saturated rings. The molecule has 0 aliphatic heterocycles. The molecule has 2 rings (SSSR count). The number of Topliss-reactive ketones (excluding diaryl/α,β-unsaturated/α-hetero) is 1. The maximum atomic E-state index is 13.4. The minimum absolute atomic E-state index is 0.0602. The molecular formula is C15H11BrF2O. The standard InChI is InChI=1S/C15H11BrF2O/c1-9-2-4-12(17)6-11(9)8-15(19)10-3-5-13(16)14(18)7-10/h2-7H,8H2,1H3. The van der Waals surface area contributed by atoms with E-state index in [1.54, 1.807) is 12.1 Å². The zero-order chi connectivity index (χ0) is 14.0. The molecule has 0 aromatic heterocycles. The highest BCUT2D eigenvalue weighted by atomic mass is 79.9. The van der Waals surface area contributed by atoms with E-state index in [1.165, 1.54) is 24.3 Å². The number of hydrogen-bond donors (Lipinski definition) is 0. The first-order valence-corrected chi connectivity index (χ1v) is 6.50. The molecule has 0 heterocycles. The van der Waals surface area contributed by atoms with Crippen molar-refractivity contribution in [1.29, 1.82) is 0 Å². The molecular weight excluding hydrogens is 314 g/mol. The van der Waals surface area contributed by atoms with Crippen LogP contribution in [0.15, 0.2) is 40.9 Å². The van der Waals surface area contributed by atoms with E-state index in [9.17, 15) is 13.6 Å². The summed E-state index contributed by atoms with van der Waals surface area (Å²) in [4.78, 5) is 12.0. The van der Waals surface area contributed by atoms with Crippen LogP contribution in [0.4, 0.5) is 8.78 Å². The summed E-state index contributed by atoms with van der Waals surface area (Å²) >= 11 is 3.03. The monoisotopic (exact) mass is 324 g/mol. The third kappa shape index (κ3) is 3.26. The fourth-order valence-electron chi connectivity index (χ4n) is 1.78. The Morgan fingerprint density at radius 2 is 1.89 bits per heavy atom. The van der Waals surface area contributed by atoms with Gasteiger partial charge in [0.2, 0.25) is 0 Å². The zero-order valence-corrected chi connectivity index (χ0v) is 11.8. The molecule has 0 saturated carbocycles. The van der Waals surface area contributed by atoms with E-state index < -0.39 is 5.82 Å². The molecule has 98 valence electrons. The van der Waals surface area contributed by atoms with E-state index in [-0.39, 0.29) is 23.6 Å². The Balaban J connectivity index is 2.25. The van der Waals surface area contributed by atoms with Gasteiger partial charge in [-0.25, -0.2) is 8.78 Å². The van der Waals surface area contributed by atoms with Gasteiger partial charge in [-0.15, -0.1) is 0 Å². The lowest BCUT2D eigenvalue weighted by molar-refractivity contribution is 0.0992. The fraction of sp³-hybridized carbons (Fsp3) is 0.133. The number of halogens is 3. The smallest absolute Gasteiger partial charge is 0.167 e. The molecule has 0 radical (unpaired) electrons. The maximum Gasteiger partial charge on any atom is 0.167 e. The molecule has 0 aliphatic rings. The van der Waals surface area contributed by atoms with E-state index in [0.717, 1.165) is 5.56 Å². The van der Waals surface area contributed by atoms with Crippen molar-refractivity contribution in [2.75, 3.05) is 0 Å². The van der Waals surface area contributed by atoms with Gasteiger partial charge < -0.3 is 0 Å². The van der Waals surface area contributed by atoms with Gasteiger partial charge >= 0.3 is 0 Å². The third-order valence-corrected chi connectivity index (χ3v) is 3.55. The van der Waals surface area contributed by atoms with Gasteiger partial charge in [-0.1, -0.05) is 12.1 Å². The van der Waals surface area contributed by atoms with Gasteiger partial charge in [-0.05, 0) is 58.2 Å². The Bertz CT molecular complexity index is 638. The highest BCUT2D eigenvalue weighted by Gasteiger charge is 2.11. The van der Waals surface area contributed by atoms with Crippen molar-refractivity contribution in [3.05, 3.63) is 69.2 Å². The Hall–Kier alpha value is -1.55. The van der Waals surface area contributed by atoms with E-state index >= 15 is 0 Å². The van der Waals surface area contributed by atoms with Gasteiger partial charge in [0.05, 0.1) is 4.47 Å². The summed E-state index contributed by atoms with van der Waals surface area (Å²) in [7, 11) is 0. The molecule has 19 heavy (non-hydrogen) atoms. The van der Waals surface area contributed by atoms with Crippen LogP contribution in [-0.4, -0.2) is 5.78 Å². The SMILES string of the molecule is Cc1ccc(F)cc1CC(=O)c1ccc(Br)c(F)c1. The van der Waals surface area contributed by atoms with Crippen molar-refractivity contribution in [2.24, 2.45) is 0 Å². The normalized spacial score (nSPS) is 10.5. The zero-order valence-electron chi connectivity index (χ0n) is 10.2. The first-order valence-electron chi connectivity index (χ1n) is 5.70. The summed E-state index contributed by atoms with van der Waals surface area (Å²) in [6.45, 7) is 1.81. The molecule has 0 bridgehead atoms. The van der Waals surface area contributed by atoms with Gasteiger partial charge in [0.25, 0.3) is 0 Å². The minimum atomic E-state index is -0.484. The number of benzene rings is 2. The van der Waals surface area contributed by atoms with Crippen LogP contribution in [0.3, 0.4) is 0 Å². The minimum Gasteiger partial charge on any atom is -0.294 e. The first kappa shape index (κ1) is 13.9. The van der Waals surface area contributed by atoms with E-state index in [0.29, 0.717) is 10.0 Å². The molecule has 4 heteroatoms.